The van der Waals surface area contributed by atoms with E-state index < -0.39 is 10.8 Å². The van der Waals surface area contributed by atoms with Crippen molar-refractivity contribution in [1.29, 1.82) is 0 Å². The van der Waals surface area contributed by atoms with E-state index in [9.17, 15) is 14.9 Å². The molecule has 9 heteroatoms. The molecule has 7 nitrogen and oxygen atoms in total. The predicted molar refractivity (Wildman–Crippen MR) is 98.2 cm³/mol. The third-order valence-electron chi connectivity index (χ3n) is 3.52. The fourth-order valence-corrected chi connectivity index (χ4v) is 2.82. The molecule has 0 bridgehead atoms. The number of hydrogen-bond acceptors (Lipinski definition) is 5. The number of amides is 1. The standard InChI is InChI=1S/C17H16Cl2N2O5/c1-10(13-5-3-11(18)7-14(13)19)20-17(22)9-26-16-8-12(21(23)24)4-6-15(16)25-2/h3-8,10H,9H2,1-2H3,(H,20,22)/t10-/m1/s1. The quantitative estimate of drug-likeness (QED) is 0.558. The summed E-state index contributed by atoms with van der Waals surface area (Å²) in [4.78, 5) is 22.4. The Morgan fingerprint density at radius 2 is 1.96 bits per heavy atom. The largest absolute Gasteiger partial charge is 0.493 e. The Labute approximate surface area is 160 Å². The van der Waals surface area contributed by atoms with Crippen molar-refractivity contribution in [3.05, 3.63) is 62.1 Å². The zero-order valence-electron chi connectivity index (χ0n) is 14.0. The lowest BCUT2D eigenvalue weighted by molar-refractivity contribution is -0.385. The zero-order valence-corrected chi connectivity index (χ0v) is 15.5. The lowest BCUT2D eigenvalue weighted by atomic mass is 10.1. The molecule has 1 N–H and O–H groups in total. The van der Waals surface area contributed by atoms with Crippen molar-refractivity contribution < 1.29 is 19.2 Å². The molecule has 0 saturated heterocycles. The van der Waals surface area contributed by atoms with Gasteiger partial charge in [-0.05, 0) is 30.7 Å². The maximum atomic E-state index is 12.1. The average molecular weight is 399 g/mol. The van der Waals surface area contributed by atoms with Gasteiger partial charge in [0, 0.05) is 16.1 Å². The molecule has 138 valence electrons. The van der Waals surface area contributed by atoms with E-state index in [-0.39, 0.29) is 29.8 Å². The van der Waals surface area contributed by atoms with Crippen LogP contribution in [0.25, 0.3) is 0 Å². The monoisotopic (exact) mass is 398 g/mol. The Morgan fingerprint density at radius 3 is 2.58 bits per heavy atom. The van der Waals surface area contributed by atoms with Crippen molar-refractivity contribution in [2.24, 2.45) is 0 Å². The fourth-order valence-electron chi connectivity index (χ4n) is 2.25. The predicted octanol–water partition coefficient (Wildman–Crippen LogP) is 4.17. The number of hydrogen-bond donors (Lipinski definition) is 1. The number of carbonyl (C=O) groups is 1. The van der Waals surface area contributed by atoms with E-state index in [2.05, 4.69) is 5.32 Å². The number of carbonyl (C=O) groups excluding carboxylic acids is 1. The molecule has 1 amide bonds. The van der Waals surface area contributed by atoms with Crippen molar-refractivity contribution in [2.75, 3.05) is 13.7 Å². The Bertz CT molecular complexity index is 829. The molecule has 0 fully saturated rings. The molecule has 0 radical (unpaired) electrons. The highest BCUT2D eigenvalue weighted by molar-refractivity contribution is 6.35. The minimum absolute atomic E-state index is 0.106. The number of methoxy groups -OCH3 is 1. The van der Waals surface area contributed by atoms with Crippen LogP contribution in [-0.4, -0.2) is 24.5 Å². The zero-order chi connectivity index (χ0) is 19.3. The first-order valence-corrected chi connectivity index (χ1v) is 8.27. The molecule has 2 rings (SSSR count). The van der Waals surface area contributed by atoms with Gasteiger partial charge in [-0.3, -0.25) is 14.9 Å². The van der Waals surface area contributed by atoms with Gasteiger partial charge in [0.1, 0.15) is 0 Å². The summed E-state index contributed by atoms with van der Waals surface area (Å²) >= 11 is 12.0. The topological polar surface area (TPSA) is 90.7 Å². The Kier molecular flexibility index (Phi) is 6.65. The highest BCUT2D eigenvalue weighted by Gasteiger charge is 2.16. The Morgan fingerprint density at radius 1 is 1.23 bits per heavy atom. The summed E-state index contributed by atoms with van der Waals surface area (Å²) in [6.45, 7) is 1.42. The van der Waals surface area contributed by atoms with Crippen molar-refractivity contribution >= 4 is 34.8 Å². The summed E-state index contributed by atoms with van der Waals surface area (Å²) in [5.41, 5.74) is 0.542. The average Bonchev–Trinajstić information content (AvgIpc) is 2.59. The number of ether oxygens (including phenoxy) is 2. The molecular weight excluding hydrogens is 383 g/mol. The smallest absolute Gasteiger partial charge is 0.273 e. The van der Waals surface area contributed by atoms with Gasteiger partial charge in [0.2, 0.25) is 0 Å². The number of nitrogens with zero attached hydrogens (tertiary/aromatic N) is 1. The van der Waals surface area contributed by atoms with Gasteiger partial charge >= 0.3 is 0 Å². The fraction of sp³-hybridized carbons (Fsp3) is 0.235. The minimum atomic E-state index is -0.559. The van der Waals surface area contributed by atoms with E-state index in [4.69, 9.17) is 32.7 Å². The SMILES string of the molecule is COc1ccc([N+](=O)[O-])cc1OCC(=O)N[C@H](C)c1ccc(Cl)cc1Cl. The van der Waals surface area contributed by atoms with E-state index in [0.29, 0.717) is 15.6 Å². The van der Waals surface area contributed by atoms with Gasteiger partial charge in [0.25, 0.3) is 11.6 Å². The van der Waals surface area contributed by atoms with Crippen molar-refractivity contribution in [2.45, 2.75) is 13.0 Å². The summed E-state index contributed by atoms with van der Waals surface area (Å²) in [5.74, 6) is -0.0247. The van der Waals surface area contributed by atoms with Gasteiger partial charge in [0.05, 0.1) is 24.1 Å². The summed E-state index contributed by atoms with van der Waals surface area (Å²) in [5, 5.41) is 14.5. The van der Waals surface area contributed by atoms with Crippen LogP contribution < -0.4 is 14.8 Å². The van der Waals surface area contributed by atoms with Gasteiger partial charge in [0.15, 0.2) is 18.1 Å². The molecule has 0 aromatic heterocycles. The lowest BCUT2D eigenvalue weighted by Crippen LogP contribution is -2.31. The molecule has 0 aliphatic heterocycles. The van der Waals surface area contributed by atoms with E-state index in [1.165, 1.54) is 25.3 Å². The molecule has 0 aliphatic carbocycles. The normalized spacial score (nSPS) is 11.5. The van der Waals surface area contributed by atoms with Crippen molar-refractivity contribution in [3.8, 4) is 11.5 Å². The first-order valence-electron chi connectivity index (χ1n) is 7.51. The van der Waals surface area contributed by atoms with Crippen LogP contribution in [0.3, 0.4) is 0 Å². The number of benzene rings is 2. The first kappa shape index (κ1) is 19.8. The first-order chi connectivity index (χ1) is 12.3. The molecule has 2 aromatic carbocycles. The van der Waals surface area contributed by atoms with Crippen LogP contribution in [0.5, 0.6) is 11.5 Å². The third-order valence-corrected chi connectivity index (χ3v) is 4.09. The molecule has 0 unspecified atom stereocenters. The maximum Gasteiger partial charge on any atom is 0.273 e. The number of nitro groups is 1. The van der Waals surface area contributed by atoms with Crippen LogP contribution in [0.15, 0.2) is 36.4 Å². The van der Waals surface area contributed by atoms with Crippen LogP contribution in [0.4, 0.5) is 5.69 Å². The molecule has 26 heavy (non-hydrogen) atoms. The number of halogens is 2. The second-order valence-corrected chi connectivity index (χ2v) is 6.18. The van der Waals surface area contributed by atoms with Crippen LogP contribution in [0, 0.1) is 10.1 Å². The van der Waals surface area contributed by atoms with Crippen LogP contribution >= 0.6 is 23.2 Å². The minimum Gasteiger partial charge on any atom is -0.493 e. The molecule has 2 aromatic rings. The van der Waals surface area contributed by atoms with Crippen LogP contribution in [-0.2, 0) is 4.79 Å². The maximum absolute atomic E-state index is 12.1. The van der Waals surface area contributed by atoms with Crippen LogP contribution in [0.1, 0.15) is 18.5 Å². The van der Waals surface area contributed by atoms with Crippen molar-refractivity contribution in [3.63, 3.8) is 0 Å². The second-order valence-electron chi connectivity index (χ2n) is 5.34. The van der Waals surface area contributed by atoms with Gasteiger partial charge in [-0.1, -0.05) is 29.3 Å². The molecule has 1 atom stereocenters. The second kappa shape index (κ2) is 8.73. The van der Waals surface area contributed by atoms with E-state index >= 15 is 0 Å². The molecule has 0 saturated carbocycles. The highest BCUT2D eigenvalue weighted by Crippen LogP contribution is 2.31. The van der Waals surface area contributed by atoms with E-state index in [1.807, 2.05) is 0 Å². The number of non-ortho nitro benzene ring substituents is 1. The van der Waals surface area contributed by atoms with E-state index in [1.54, 1.807) is 25.1 Å². The molecule has 0 heterocycles. The Hall–Kier alpha value is -2.51. The summed E-state index contributed by atoms with van der Waals surface area (Å²) in [7, 11) is 1.40. The number of nitro benzene ring substituents is 1. The molecule has 0 aliphatic rings. The van der Waals surface area contributed by atoms with Gasteiger partial charge in [-0.15, -0.1) is 0 Å². The summed E-state index contributed by atoms with van der Waals surface area (Å²) < 4.78 is 10.5. The summed E-state index contributed by atoms with van der Waals surface area (Å²) in [6, 6.07) is 8.51. The molecule has 0 spiro atoms. The third kappa shape index (κ3) is 5.00. The van der Waals surface area contributed by atoms with Gasteiger partial charge in [-0.25, -0.2) is 0 Å². The Balaban J connectivity index is 2.02. The van der Waals surface area contributed by atoms with E-state index in [0.717, 1.165) is 0 Å². The van der Waals surface area contributed by atoms with Crippen LogP contribution in [0.2, 0.25) is 10.0 Å². The highest BCUT2D eigenvalue weighted by atomic mass is 35.5. The van der Waals surface area contributed by atoms with Crippen molar-refractivity contribution in [1.82, 2.24) is 5.32 Å². The van der Waals surface area contributed by atoms with Gasteiger partial charge < -0.3 is 14.8 Å². The lowest BCUT2D eigenvalue weighted by Gasteiger charge is -2.16. The molecular formula is C17H16Cl2N2O5. The van der Waals surface area contributed by atoms with Gasteiger partial charge in [-0.2, -0.15) is 0 Å². The number of rotatable bonds is 7. The number of nitrogens with one attached hydrogen (secondary N) is 1. The summed E-state index contributed by atoms with van der Waals surface area (Å²) in [6.07, 6.45) is 0.